The normalized spacial score (nSPS) is 12.9. The fourth-order valence-corrected chi connectivity index (χ4v) is 3.21. The van der Waals surface area contributed by atoms with Gasteiger partial charge in [-0.25, -0.2) is 4.68 Å². The van der Waals surface area contributed by atoms with Crippen molar-refractivity contribution in [1.29, 1.82) is 0 Å². The molecule has 4 rings (SSSR count). The van der Waals surface area contributed by atoms with Crippen LogP contribution in [0.5, 0.6) is 5.75 Å². The molecule has 0 saturated heterocycles. The second kappa shape index (κ2) is 6.17. The summed E-state index contributed by atoms with van der Waals surface area (Å²) >= 11 is 6.06. The molecule has 1 aliphatic carbocycles. The predicted octanol–water partition coefficient (Wildman–Crippen LogP) is 5.16. The van der Waals surface area contributed by atoms with Crippen molar-refractivity contribution in [2.24, 2.45) is 0 Å². The van der Waals surface area contributed by atoms with E-state index in [9.17, 15) is 0 Å². The highest BCUT2D eigenvalue weighted by Crippen LogP contribution is 2.33. The van der Waals surface area contributed by atoms with Gasteiger partial charge in [-0.15, -0.1) is 0 Å². The van der Waals surface area contributed by atoms with Gasteiger partial charge in [0, 0.05) is 16.1 Å². The molecule has 0 spiro atoms. The second-order valence-electron chi connectivity index (χ2n) is 5.77. The average molecular weight is 337 g/mol. The van der Waals surface area contributed by atoms with Crippen LogP contribution in [-0.4, -0.2) is 16.9 Å². The molecule has 0 saturated carbocycles. The standard InChI is InChI=1S/C20H17ClN2O/c1-24-17-12-10-16(11-13-17)23-20(14-6-8-15(21)9-7-14)18-4-2-3-5-19(18)22-23/h3,5-13H,2,4H2,1H3. The number of ether oxygens (including phenoxy) is 1. The lowest BCUT2D eigenvalue weighted by molar-refractivity contribution is 0.414. The van der Waals surface area contributed by atoms with E-state index in [2.05, 4.69) is 24.3 Å². The highest BCUT2D eigenvalue weighted by molar-refractivity contribution is 6.30. The summed E-state index contributed by atoms with van der Waals surface area (Å²) in [6, 6.07) is 15.9. The van der Waals surface area contributed by atoms with Crippen molar-refractivity contribution >= 4 is 17.7 Å². The Morgan fingerprint density at radius 1 is 1.04 bits per heavy atom. The number of hydrogen-bond donors (Lipinski definition) is 0. The third-order valence-electron chi connectivity index (χ3n) is 4.29. The highest BCUT2D eigenvalue weighted by Gasteiger charge is 2.20. The number of methoxy groups -OCH3 is 1. The molecule has 0 atom stereocenters. The van der Waals surface area contributed by atoms with E-state index in [4.69, 9.17) is 21.4 Å². The molecule has 0 unspecified atom stereocenters. The summed E-state index contributed by atoms with van der Waals surface area (Å²) in [5, 5.41) is 5.57. The quantitative estimate of drug-likeness (QED) is 0.660. The fourth-order valence-electron chi connectivity index (χ4n) is 3.08. The lowest BCUT2D eigenvalue weighted by Crippen LogP contribution is -2.00. The zero-order valence-electron chi connectivity index (χ0n) is 13.4. The first-order valence-corrected chi connectivity index (χ1v) is 8.33. The van der Waals surface area contributed by atoms with Crippen LogP contribution in [0.15, 0.2) is 54.6 Å². The van der Waals surface area contributed by atoms with Crippen LogP contribution < -0.4 is 4.74 Å². The molecular formula is C20H17ClN2O. The molecule has 0 aliphatic heterocycles. The molecule has 1 heterocycles. The molecule has 4 heteroatoms. The molecule has 2 aromatic carbocycles. The molecular weight excluding hydrogens is 320 g/mol. The smallest absolute Gasteiger partial charge is 0.119 e. The van der Waals surface area contributed by atoms with E-state index < -0.39 is 0 Å². The summed E-state index contributed by atoms with van der Waals surface area (Å²) in [7, 11) is 1.67. The van der Waals surface area contributed by atoms with Gasteiger partial charge in [-0.3, -0.25) is 0 Å². The third kappa shape index (κ3) is 2.61. The Morgan fingerprint density at radius 3 is 2.50 bits per heavy atom. The van der Waals surface area contributed by atoms with Gasteiger partial charge in [-0.1, -0.05) is 29.8 Å². The number of halogens is 1. The van der Waals surface area contributed by atoms with E-state index in [1.54, 1.807) is 7.11 Å². The van der Waals surface area contributed by atoms with Gasteiger partial charge in [-0.05, 0) is 55.3 Å². The maximum atomic E-state index is 6.06. The van der Waals surface area contributed by atoms with E-state index in [0.29, 0.717) is 0 Å². The van der Waals surface area contributed by atoms with Crippen LogP contribution in [0, 0.1) is 0 Å². The van der Waals surface area contributed by atoms with Gasteiger partial charge in [0.2, 0.25) is 0 Å². The maximum Gasteiger partial charge on any atom is 0.119 e. The summed E-state index contributed by atoms with van der Waals surface area (Å²) in [4.78, 5) is 0. The minimum Gasteiger partial charge on any atom is -0.497 e. The van der Waals surface area contributed by atoms with Gasteiger partial charge >= 0.3 is 0 Å². The van der Waals surface area contributed by atoms with Crippen LogP contribution in [0.2, 0.25) is 5.02 Å². The number of fused-ring (bicyclic) bond motifs is 1. The number of allylic oxidation sites excluding steroid dienone is 1. The Labute approximate surface area is 146 Å². The second-order valence-corrected chi connectivity index (χ2v) is 6.21. The van der Waals surface area contributed by atoms with E-state index in [1.807, 2.05) is 41.1 Å². The summed E-state index contributed by atoms with van der Waals surface area (Å²) in [6.45, 7) is 0. The lowest BCUT2D eigenvalue weighted by atomic mass is 9.98. The van der Waals surface area contributed by atoms with Crippen molar-refractivity contribution in [3.63, 3.8) is 0 Å². The topological polar surface area (TPSA) is 27.1 Å². The maximum absolute atomic E-state index is 6.06. The van der Waals surface area contributed by atoms with Crippen molar-refractivity contribution in [3.05, 3.63) is 70.9 Å². The molecule has 120 valence electrons. The summed E-state index contributed by atoms with van der Waals surface area (Å²) in [5.41, 5.74) is 5.61. The number of rotatable bonds is 3. The van der Waals surface area contributed by atoms with Gasteiger partial charge in [0.05, 0.1) is 24.2 Å². The summed E-state index contributed by atoms with van der Waals surface area (Å²) in [6.07, 6.45) is 6.33. The Bertz CT molecular complexity index is 893. The zero-order chi connectivity index (χ0) is 16.5. The average Bonchev–Trinajstić information content (AvgIpc) is 3.02. The van der Waals surface area contributed by atoms with Crippen LogP contribution >= 0.6 is 11.6 Å². The first-order chi connectivity index (χ1) is 11.8. The zero-order valence-corrected chi connectivity index (χ0v) is 14.1. The summed E-state index contributed by atoms with van der Waals surface area (Å²) < 4.78 is 7.28. The van der Waals surface area contributed by atoms with Crippen molar-refractivity contribution < 1.29 is 4.74 Å². The molecule has 0 radical (unpaired) electrons. The number of aromatic nitrogens is 2. The lowest BCUT2D eigenvalue weighted by Gasteiger charge is -2.11. The van der Waals surface area contributed by atoms with Gasteiger partial charge in [-0.2, -0.15) is 5.10 Å². The molecule has 0 bridgehead atoms. The highest BCUT2D eigenvalue weighted by atomic mass is 35.5. The molecule has 0 amide bonds. The number of nitrogens with zero attached hydrogens (tertiary/aromatic N) is 2. The molecule has 0 N–H and O–H groups in total. The van der Waals surface area contributed by atoms with Gasteiger partial charge in [0.1, 0.15) is 5.75 Å². The largest absolute Gasteiger partial charge is 0.497 e. The minimum atomic E-state index is 0.739. The van der Waals surface area contributed by atoms with Crippen molar-refractivity contribution in [3.8, 4) is 22.7 Å². The first kappa shape index (κ1) is 15.0. The molecule has 1 aromatic heterocycles. The SMILES string of the molecule is COc1ccc(-n2nc3c(c2-c2ccc(Cl)cc2)CCC=C3)cc1. The molecule has 24 heavy (non-hydrogen) atoms. The van der Waals surface area contributed by atoms with Gasteiger partial charge in [0.15, 0.2) is 0 Å². The Morgan fingerprint density at radius 2 is 1.79 bits per heavy atom. The van der Waals surface area contributed by atoms with E-state index in [-0.39, 0.29) is 0 Å². The van der Waals surface area contributed by atoms with Crippen LogP contribution in [-0.2, 0) is 6.42 Å². The first-order valence-electron chi connectivity index (χ1n) is 7.95. The van der Waals surface area contributed by atoms with Crippen LogP contribution in [0.1, 0.15) is 17.7 Å². The monoisotopic (exact) mass is 336 g/mol. The van der Waals surface area contributed by atoms with E-state index >= 15 is 0 Å². The van der Waals surface area contributed by atoms with Crippen molar-refractivity contribution in [2.45, 2.75) is 12.8 Å². The Kier molecular flexibility index (Phi) is 3.87. The molecule has 3 nitrogen and oxygen atoms in total. The molecule has 1 aliphatic rings. The summed E-state index contributed by atoms with van der Waals surface area (Å²) in [5.74, 6) is 0.837. The molecule has 0 fully saturated rings. The van der Waals surface area contributed by atoms with Crippen LogP contribution in [0.4, 0.5) is 0 Å². The van der Waals surface area contributed by atoms with Crippen molar-refractivity contribution in [2.75, 3.05) is 7.11 Å². The van der Waals surface area contributed by atoms with Gasteiger partial charge in [0.25, 0.3) is 0 Å². The third-order valence-corrected chi connectivity index (χ3v) is 4.54. The number of hydrogen-bond acceptors (Lipinski definition) is 2. The van der Waals surface area contributed by atoms with Crippen LogP contribution in [0.25, 0.3) is 23.0 Å². The fraction of sp³-hybridized carbons (Fsp3) is 0.150. The van der Waals surface area contributed by atoms with Gasteiger partial charge < -0.3 is 4.74 Å². The Balaban J connectivity index is 1.91. The predicted molar refractivity (Wildman–Crippen MR) is 97.9 cm³/mol. The van der Waals surface area contributed by atoms with Crippen molar-refractivity contribution in [1.82, 2.24) is 9.78 Å². The van der Waals surface area contributed by atoms with Crippen LogP contribution in [0.3, 0.4) is 0 Å². The molecule has 3 aromatic rings. The number of benzene rings is 2. The van der Waals surface area contributed by atoms with E-state index in [1.165, 1.54) is 5.56 Å². The van der Waals surface area contributed by atoms with E-state index in [0.717, 1.165) is 46.3 Å². The minimum absolute atomic E-state index is 0.739. The Hall–Kier alpha value is -2.52.